The van der Waals surface area contributed by atoms with Gasteiger partial charge in [-0.1, -0.05) is 36.4 Å². The van der Waals surface area contributed by atoms with Gasteiger partial charge in [-0.2, -0.15) is 0 Å². The van der Waals surface area contributed by atoms with Gasteiger partial charge in [0.15, 0.2) is 0 Å². The Balaban J connectivity index is 1.29. The van der Waals surface area contributed by atoms with Crippen LogP contribution in [0.25, 0.3) is 27.0 Å². The zero-order valence-corrected chi connectivity index (χ0v) is 15.9. The van der Waals surface area contributed by atoms with Crippen LogP contribution in [0.5, 0.6) is 0 Å². The van der Waals surface area contributed by atoms with Gasteiger partial charge in [-0.05, 0) is 47.4 Å². The van der Waals surface area contributed by atoms with Crippen LogP contribution in [0, 0.1) is 0 Å². The Morgan fingerprint density at radius 1 is 1.00 bits per heavy atom. The van der Waals surface area contributed by atoms with E-state index in [1.807, 2.05) is 23.6 Å². The molecule has 3 nitrogen and oxygen atoms in total. The second-order valence-electron chi connectivity index (χ2n) is 6.96. The van der Waals surface area contributed by atoms with Crippen molar-refractivity contribution in [3.05, 3.63) is 83.5 Å². The molecule has 4 aromatic rings. The Kier molecular flexibility index (Phi) is 4.36. The van der Waals surface area contributed by atoms with E-state index in [-0.39, 0.29) is 0 Å². The summed E-state index contributed by atoms with van der Waals surface area (Å²) in [5.41, 5.74) is 5.10. The third-order valence-electron chi connectivity index (χ3n) is 5.20. The number of hydrogen-bond donors (Lipinski definition) is 1. The fourth-order valence-corrected chi connectivity index (χ4v) is 4.81. The molecule has 1 aliphatic rings. The topological polar surface area (TPSA) is 31.9 Å². The molecule has 0 amide bonds. The number of H-pyrrole nitrogens is 1. The number of hydrogen-bond acceptors (Lipinski definition) is 3. The molecule has 0 atom stereocenters. The molecule has 0 spiro atoms. The molecule has 1 aliphatic heterocycles. The molecule has 1 aromatic carbocycles. The number of thiophene rings is 1. The molecule has 0 saturated carbocycles. The molecule has 0 aliphatic carbocycles. The molecule has 5 rings (SSSR count). The molecule has 0 fully saturated rings. The first-order chi connectivity index (χ1) is 13.4. The van der Waals surface area contributed by atoms with Crippen LogP contribution in [-0.4, -0.2) is 28.0 Å². The minimum Gasteiger partial charge on any atom is -0.346 e. The van der Waals surface area contributed by atoms with Crippen LogP contribution >= 0.6 is 11.3 Å². The Bertz CT molecular complexity index is 1090. The number of pyridine rings is 1. The SMILES string of the molecule is C1=C(c2ccc(-c3ccccc3)s2)CCN(Cc2c[nH]c3ncccc23)C1. The van der Waals surface area contributed by atoms with E-state index in [1.54, 1.807) is 0 Å². The van der Waals surface area contributed by atoms with Crippen molar-refractivity contribution in [1.82, 2.24) is 14.9 Å². The van der Waals surface area contributed by atoms with E-state index < -0.39 is 0 Å². The largest absolute Gasteiger partial charge is 0.346 e. The van der Waals surface area contributed by atoms with Crippen LogP contribution in [-0.2, 0) is 6.54 Å². The summed E-state index contributed by atoms with van der Waals surface area (Å²) in [4.78, 5) is 12.9. The average molecular weight is 372 g/mol. The average Bonchev–Trinajstić information content (AvgIpc) is 3.37. The summed E-state index contributed by atoms with van der Waals surface area (Å²) in [5.74, 6) is 0. The molecule has 4 heteroatoms. The second-order valence-corrected chi connectivity index (χ2v) is 8.04. The number of benzene rings is 1. The molecule has 0 saturated heterocycles. The minimum absolute atomic E-state index is 0.967. The van der Waals surface area contributed by atoms with Gasteiger partial charge >= 0.3 is 0 Å². The molecular weight excluding hydrogens is 350 g/mol. The van der Waals surface area contributed by atoms with Crippen molar-refractivity contribution >= 4 is 27.9 Å². The monoisotopic (exact) mass is 371 g/mol. The van der Waals surface area contributed by atoms with Gasteiger partial charge in [-0.25, -0.2) is 4.98 Å². The molecule has 27 heavy (non-hydrogen) atoms. The maximum absolute atomic E-state index is 4.39. The molecule has 1 N–H and O–H groups in total. The lowest BCUT2D eigenvalue weighted by molar-refractivity contribution is 0.295. The Labute approximate surface area is 163 Å². The van der Waals surface area contributed by atoms with Crippen LogP contribution in [0.15, 0.2) is 73.1 Å². The van der Waals surface area contributed by atoms with Gasteiger partial charge in [-0.3, -0.25) is 4.90 Å². The highest BCUT2D eigenvalue weighted by atomic mass is 32.1. The third kappa shape index (κ3) is 3.34. The van der Waals surface area contributed by atoms with Crippen molar-refractivity contribution in [1.29, 1.82) is 0 Å². The second kappa shape index (κ2) is 7.14. The first-order valence-electron chi connectivity index (χ1n) is 9.35. The number of nitrogens with zero attached hydrogens (tertiary/aromatic N) is 2. The zero-order chi connectivity index (χ0) is 18.1. The highest BCUT2D eigenvalue weighted by Gasteiger charge is 2.16. The quantitative estimate of drug-likeness (QED) is 0.508. The van der Waals surface area contributed by atoms with Crippen molar-refractivity contribution in [3.63, 3.8) is 0 Å². The van der Waals surface area contributed by atoms with E-state index in [0.717, 1.165) is 31.7 Å². The standard InChI is InChI=1S/C23H21N3S/c1-2-5-17(6-3-1)21-8-9-22(27-21)18-10-13-26(14-11-18)16-19-15-25-23-20(19)7-4-12-24-23/h1-10,12,15H,11,13-14,16H2,(H,24,25). The van der Waals surface area contributed by atoms with E-state index in [0.29, 0.717) is 0 Å². The van der Waals surface area contributed by atoms with Crippen LogP contribution < -0.4 is 0 Å². The summed E-state index contributed by atoms with van der Waals surface area (Å²) in [7, 11) is 0. The molecule has 0 radical (unpaired) electrons. The lowest BCUT2D eigenvalue weighted by Crippen LogP contribution is -2.27. The first kappa shape index (κ1) is 16.5. The Morgan fingerprint density at radius 2 is 1.89 bits per heavy atom. The number of rotatable bonds is 4. The smallest absolute Gasteiger partial charge is 0.137 e. The highest BCUT2D eigenvalue weighted by molar-refractivity contribution is 7.16. The van der Waals surface area contributed by atoms with Gasteiger partial charge in [0.1, 0.15) is 5.65 Å². The maximum atomic E-state index is 4.39. The molecule has 0 bridgehead atoms. The van der Waals surface area contributed by atoms with Gasteiger partial charge in [0.2, 0.25) is 0 Å². The Morgan fingerprint density at radius 3 is 2.74 bits per heavy atom. The van der Waals surface area contributed by atoms with Gasteiger partial charge in [0, 0.05) is 47.2 Å². The van der Waals surface area contributed by atoms with Gasteiger partial charge in [0.05, 0.1) is 0 Å². The number of nitrogens with one attached hydrogen (secondary N) is 1. The van der Waals surface area contributed by atoms with E-state index in [2.05, 4.69) is 75.7 Å². The van der Waals surface area contributed by atoms with Crippen molar-refractivity contribution in [2.24, 2.45) is 0 Å². The normalized spacial score (nSPS) is 15.2. The number of aromatic nitrogens is 2. The van der Waals surface area contributed by atoms with E-state index >= 15 is 0 Å². The van der Waals surface area contributed by atoms with E-state index in [1.165, 1.54) is 31.8 Å². The lowest BCUT2D eigenvalue weighted by Gasteiger charge is -2.25. The Hall–Kier alpha value is -2.69. The van der Waals surface area contributed by atoms with Crippen LogP contribution in [0.2, 0.25) is 0 Å². The summed E-state index contributed by atoms with van der Waals surface area (Å²) in [6.45, 7) is 3.06. The fourth-order valence-electron chi connectivity index (χ4n) is 3.73. The minimum atomic E-state index is 0.967. The van der Waals surface area contributed by atoms with Crippen LogP contribution in [0.1, 0.15) is 16.9 Å². The zero-order valence-electron chi connectivity index (χ0n) is 15.1. The van der Waals surface area contributed by atoms with Crippen LogP contribution in [0.4, 0.5) is 0 Å². The maximum Gasteiger partial charge on any atom is 0.137 e. The van der Waals surface area contributed by atoms with Crippen molar-refractivity contribution in [3.8, 4) is 10.4 Å². The van der Waals surface area contributed by atoms with Crippen molar-refractivity contribution in [2.45, 2.75) is 13.0 Å². The predicted octanol–water partition coefficient (Wildman–Crippen LogP) is 5.58. The molecular formula is C23H21N3S. The lowest BCUT2D eigenvalue weighted by atomic mass is 10.1. The van der Waals surface area contributed by atoms with Crippen molar-refractivity contribution < 1.29 is 0 Å². The molecule has 0 unspecified atom stereocenters. The number of fused-ring (bicyclic) bond motifs is 1. The summed E-state index contributed by atoms with van der Waals surface area (Å²) in [6, 6.07) is 19.3. The van der Waals surface area contributed by atoms with Gasteiger partial charge in [-0.15, -0.1) is 11.3 Å². The fraction of sp³-hybridized carbons (Fsp3) is 0.174. The summed E-state index contributed by atoms with van der Waals surface area (Å²) in [5, 5.41) is 1.23. The predicted molar refractivity (Wildman–Crippen MR) is 114 cm³/mol. The third-order valence-corrected chi connectivity index (χ3v) is 6.41. The molecule has 4 heterocycles. The number of aromatic amines is 1. The summed E-state index contributed by atoms with van der Waals surface area (Å²) >= 11 is 1.90. The van der Waals surface area contributed by atoms with Gasteiger partial charge in [0.25, 0.3) is 0 Å². The molecule has 134 valence electrons. The van der Waals surface area contributed by atoms with Crippen LogP contribution in [0.3, 0.4) is 0 Å². The first-order valence-corrected chi connectivity index (χ1v) is 10.2. The highest BCUT2D eigenvalue weighted by Crippen LogP contribution is 2.34. The van der Waals surface area contributed by atoms with E-state index in [4.69, 9.17) is 0 Å². The van der Waals surface area contributed by atoms with Gasteiger partial charge < -0.3 is 4.98 Å². The summed E-state index contributed by atoms with van der Waals surface area (Å²) < 4.78 is 0. The summed E-state index contributed by atoms with van der Waals surface area (Å²) in [6.07, 6.45) is 7.44. The molecule has 3 aromatic heterocycles. The van der Waals surface area contributed by atoms with Crippen molar-refractivity contribution in [2.75, 3.05) is 13.1 Å². The van der Waals surface area contributed by atoms with E-state index in [9.17, 15) is 0 Å².